The molecular formula is C30H34FN3O3. The second-order valence-electron chi connectivity index (χ2n) is 9.61. The summed E-state index contributed by atoms with van der Waals surface area (Å²) >= 11 is 0. The lowest BCUT2D eigenvalue weighted by atomic mass is 9.93. The second-order valence-corrected chi connectivity index (χ2v) is 9.61. The van der Waals surface area contributed by atoms with E-state index in [9.17, 15) is 4.79 Å². The Bertz CT molecular complexity index is 1440. The molecule has 1 N–H and O–H groups in total. The van der Waals surface area contributed by atoms with Crippen LogP contribution in [0.4, 0.5) is 10.1 Å². The summed E-state index contributed by atoms with van der Waals surface area (Å²) in [6.45, 7) is 6.42. The maximum absolute atomic E-state index is 15.6. The van der Waals surface area contributed by atoms with E-state index in [0.717, 1.165) is 22.6 Å². The smallest absolute Gasteiger partial charge is 0.270 e. The van der Waals surface area contributed by atoms with Crippen LogP contribution in [0.5, 0.6) is 11.5 Å². The number of anilines is 1. The molecule has 3 aromatic carbocycles. The first-order valence-electron chi connectivity index (χ1n) is 12.6. The minimum absolute atomic E-state index is 0. The Morgan fingerprint density at radius 1 is 0.919 bits per heavy atom. The van der Waals surface area contributed by atoms with Crippen LogP contribution in [0, 0.1) is 5.82 Å². The number of fused-ring (bicyclic) bond motifs is 1. The molecule has 1 saturated heterocycles. The average Bonchev–Trinajstić information content (AvgIpc) is 3.39. The Kier molecular flexibility index (Phi) is 6.78. The number of aromatic amines is 1. The fourth-order valence-corrected chi connectivity index (χ4v) is 5.12. The van der Waals surface area contributed by atoms with E-state index in [1.165, 1.54) is 0 Å². The number of nitrogens with zero attached hydrogens (tertiary/aromatic N) is 2. The van der Waals surface area contributed by atoms with E-state index in [1.54, 1.807) is 20.3 Å². The van der Waals surface area contributed by atoms with Gasteiger partial charge in [0.15, 0.2) is 5.82 Å². The number of piperazine rings is 1. The second kappa shape index (κ2) is 10.2. The summed E-state index contributed by atoms with van der Waals surface area (Å²) in [5.74, 6) is 1.05. The highest BCUT2D eigenvalue weighted by Crippen LogP contribution is 2.39. The van der Waals surface area contributed by atoms with Gasteiger partial charge >= 0.3 is 0 Å². The Labute approximate surface area is 218 Å². The molecule has 0 bridgehead atoms. The summed E-state index contributed by atoms with van der Waals surface area (Å²) in [6, 6.07) is 19.2. The molecule has 1 aromatic heterocycles. The predicted molar refractivity (Wildman–Crippen MR) is 148 cm³/mol. The van der Waals surface area contributed by atoms with E-state index in [2.05, 4.69) is 9.88 Å². The number of H-pyrrole nitrogens is 1. The van der Waals surface area contributed by atoms with Crippen LogP contribution in [0.25, 0.3) is 22.0 Å². The number of benzene rings is 3. The van der Waals surface area contributed by atoms with E-state index >= 15 is 4.39 Å². The lowest BCUT2D eigenvalue weighted by Crippen LogP contribution is -2.49. The number of aromatic nitrogens is 1. The zero-order valence-corrected chi connectivity index (χ0v) is 21.7. The molecule has 0 atom stereocenters. The highest BCUT2D eigenvalue weighted by Gasteiger charge is 2.27. The number of carbonyl (C=O) groups is 1. The Hall–Kier alpha value is -4.00. The van der Waals surface area contributed by atoms with Gasteiger partial charge < -0.3 is 24.3 Å². The van der Waals surface area contributed by atoms with Crippen molar-refractivity contribution in [2.75, 3.05) is 45.3 Å². The van der Waals surface area contributed by atoms with Crippen LogP contribution < -0.4 is 14.4 Å². The minimum Gasteiger partial charge on any atom is -0.496 e. The molecule has 4 aromatic rings. The van der Waals surface area contributed by atoms with Crippen LogP contribution >= 0.6 is 0 Å². The van der Waals surface area contributed by atoms with E-state index in [0.29, 0.717) is 54.1 Å². The zero-order valence-electron chi connectivity index (χ0n) is 21.7. The number of hydrogen-bond acceptors (Lipinski definition) is 4. The number of halogens is 1. The number of hydrogen-bond donors (Lipinski definition) is 1. The largest absolute Gasteiger partial charge is 0.496 e. The van der Waals surface area contributed by atoms with Crippen molar-refractivity contribution >= 4 is 22.5 Å². The van der Waals surface area contributed by atoms with Gasteiger partial charge in [0, 0.05) is 38.6 Å². The molecule has 0 saturated carbocycles. The molecule has 1 fully saturated rings. The summed E-state index contributed by atoms with van der Waals surface area (Å²) < 4.78 is 26.7. The molecule has 7 heteroatoms. The quantitative estimate of drug-likeness (QED) is 0.334. The number of amides is 1. The van der Waals surface area contributed by atoms with E-state index in [-0.39, 0.29) is 19.1 Å². The number of para-hydroxylation sites is 3. The van der Waals surface area contributed by atoms with Crippen LogP contribution in [-0.2, 0) is 0 Å². The zero-order chi connectivity index (χ0) is 26.1. The standard InChI is InChI=1S/C30H32FN3O3.H2/c1-19(2)21-17-22(20-9-5-7-11-26(20)36-3)23-18-24(32-29(23)28(21)31)30(35)34-15-13-33(14-16-34)25-10-6-8-12-27(25)37-4;/h5-12,17-19,32H,13-16H2,1-4H3;1H. The van der Waals surface area contributed by atoms with Gasteiger partial charge in [0.1, 0.15) is 17.2 Å². The van der Waals surface area contributed by atoms with Gasteiger partial charge in [0.05, 0.1) is 25.4 Å². The summed E-state index contributed by atoms with van der Waals surface area (Å²) in [7, 11) is 3.29. The first kappa shape index (κ1) is 24.7. The van der Waals surface area contributed by atoms with Gasteiger partial charge in [-0.25, -0.2) is 4.39 Å². The monoisotopic (exact) mass is 503 g/mol. The molecule has 0 aliphatic carbocycles. The Morgan fingerprint density at radius 3 is 2.24 bits per heavy atom. The summed E-state index contributed by atoms with van der Waals surface area (Å²) in [6.07, 6.45) is 0. The number of nitrogens with one attached hydrogen (secondary N) is 1. The summed E-state index contributed by atoms with van der Waals surface area (Å²) in [5, 5.41) is 0.669. The van der Waals surface area contributed by atoms with Crippen LogP contribution in [0.15, 0.2) is 60.7 Å². The minimum atomic E-state index is -0.316. The number of rotatable bonds is 6. The van der Waals surface area contributed by atoms with E-state index < -0.39 is 0 Å². The van der Waals surface area contributed by atoms with E-state index in [1.807, 2.05) is 73.3 Å². The first-order chi connectivity index (χ1) is 17.9. The van der Waals surface area contributed by atoms with Crippen molar-refractivity contribution in [2.45, 2.75) is 19.8 Å². The van der Waals surface area contributed by atoms with Crippen LogP contribution in [-0.4, -0.2) is 56.2 Å². The topological polar surface area (TPSA) is 57.8 Å². The molecular weight excluding hydrogens is 469 g/mol. The first-order valence-corrected chi connectivity index (χ1v) is 12.6. The average molecular weight is 504 g/mol. The van der Waals surface area contributed by atoms with E-state index in [4.69, 9.17) is 9.47 Å². The number of methoxy groups -OCH3 is 2. The fraction of sp³-hybridized carbons (Fsp3) is 0.300. The Morgan fingerprint density at radius 2 is 1.57 bits per heavy atom. The maximum atomic E-state index is 15.6. The van der Waals surface area contributed by atoms with Gasteiger partial charge in [-0.3, -0.25) is 4.79 Å². The van der Waals surface area contributed by atoms with Crippen molar-refractivity contribution < 1.29 is 20.1 Å². The van der Waals surface area contributed by atoms with Gasteiger partial charge in [-0.05, 0) is 47.4 Å². The van der Waals surface area contributed by atoms with Crippen LogP contribution in [0.1, 0.15) is 37.2 Å². The molecule has 0 unspecified atom stereocenters. The molecule has 37 heavy (non-hydrogen) atoms. The molecule has 1 aliphatic heterocycles. The van der Waals surface area contributed by atoms with Gasteiger partial charge in [0.25, 0.3) is 5.91 Å². The molecule has 2 heterocycles. The van der Waals surface area contributed by atoms with Gasteiger partial charge in [-0.15, -0.1) is 0 Å². The lowest BCUT2D eigenvalue weighted by molar-refractivity contribution is 0.0741. The normalized spacial score (nSPS) is 13.9. The van der Waals surface area contributed by atoms with Crippen molar-refractivity contribution in [1.82, 2.24) is 9.88 Å². The third-order valence-electron chi connectivity index (χ3n) is 7.12. The molecule has 5 rings (SSSR count). The highest BCUT2D eigenvalue weighted by atomic mass is 19.1. The van der Waals surface area contributed by atoms with Gasteiger partial charge in [-0.1, -0.05) is 44.2 Å². The van der Waals surface area contributed by atoms with Crippen LogP contribution in [0.3, 0.4) is 0 Å². The highest BCUT2D eigenvalue weighted by molar-refractivity contribution is 6.04. The van der Waals surface area contributed by atoms with Crippen molar-refractivity contribution in [3.63, 3.8) is 0 Å². The van der Waals surface area contributed by atoms with Crippen molar-refractivity contribution in [3.8, 4) is 22.6 Å². The number of ether oxygens (including phenoxy) is 2. The lowest BCUT2D eigenvalue weighted by Gasteiger charge is -2.36. The van der Waals surface area contributed by atoms with Gasteiger partial charge in [-0.2, -0.15) is 0 Å². The third kappa shape index (κ3) is 4.50. The molecule has 6 nitrogen and oxygen atoms in total. The molecule has 194 valence electrons. The maximum Gasteiger partial charge on any atom is 0.270 e. The van der Waals surface area contributed by atoms with Crippen molar-refractivity contribution in [3.05, 3.63) is 77.7 Å². The molecule has 0 spiro atoms. The Balaban J connectivity index is 0.00000336. The SMILES string of the molecule is COc1ccccc1-c1cc(C(C)C)c(F)c2[nH]c(C(=O)N3CCN(c4ccccc4OC)CC3)cc12.[HH]. The summed E-state index contributed by atoms with van der Waals surface area (Å²) in [5.41, 5.74) is 4.06. The van der Waals surface area contributed by atoms with Crippen LogP contribution in [0.2, 0.25) is 0 Å². The predicted octanol–water partition coefficient (Wildman–Crippen LogP) is 6.32. The fourth-order valence-electron chi connectivity index (χ4n) is 5.12. The van der Waals surface area contributed by atoms with Crippen molar-refractivity contribution in [1.29, 1.82) is 0 Å². The molecule has 0 radical (unpaired) electrons. The van der Waals surface area contributed by atoms with Gasteiger partial charge in [0.2, 0.25) is 0 Å². The van der Waals surface area contributed by atoms with Crippen molar-refractivity contribution in [2.24, 2.45) is 0 Å². The third-order valence-corrected chi connectivity index (χ3v) is 7.12. The molecule has 1 amide bonds. The molecule has 1 aliphatic rings. The summed E-state index contributed by atoms with van der Waals surface area (Å²) in [4.78, 5) is 20.7. The number of carbonyl (C=O) groups excluding carboxylic acids is 1.